The minimum absolute atomic E-state index is 0.170. The molecule has 4 heterocycles. The molecule has 30 heavy (non-hydrogen) atoms. The number of ether oxygens (including phenoxy) is 1. The Hall–Kier alpha value is -3.23. The molecule has 1 amide bonds. The Kier molecular flexibility index (Phi) is 4.72. The summed E-state index contributed by atoms with van der Waals surface area (Å²) < 4.78 is 7.22. The molecule has 0 bridgehead atoms. The highest BCUT2D eigenvalue weighted by molar-refractivity contribution is 5.86. The van der Waals surface area contributed by atoms with Gasteiger partial charge in [-0.15, -0.1) is 0 Å². The summed E-state index contributed by atoms with van der Waals surface area (Å²) >= 11 is 0. The van der Waals surface area contributed by atoms with Crippen LogP contribution in [0.2, 0.25) is 0 Å². The highest BCUT2D eigenvalue weighted by Crippen LogP contribution is 2.33. The van der Waals surface area contributed by atoms with Crippen LogP contribution in [-0.4, -0.2) is 61.6 Å². The Balaban J connectivity index is 1.43. The molecule has 0 aromatic carbocycles. The molecule has 1 saturated heterocycles. The van der Waals surface area contributed by atoms with E-state index in [2.05, 4.69) is 31.8 Å². The lowest BCUT2D eigenvalue weighted by Gasteiger charge is -2.17. The number of nitrogens with one attached hydrogen (secondary N) is 1. The van der Waals surface area contributed by atoms with E-state index in [1.807, 2.05) is 17.0 Å². The second-order valence-corrected chi connectivity index (χ2v) is 7.85. The van der Waals surface area contributed by atoms with E-state index in [1.54, 1.807) is 19.6 Å². The lowest BCUT2D eigenvalue weighted by atomic mass is 10.2. The number of hydrogen-bond acceptors (Lipinski definition) is 7. The topological polar surface area (TPSA) is 98.1 Å². The van der Waals surface area contributed by atoms with Gasteiger partial charge in [0.05, 0.1) is 7.11 Å². The summed E-state index contributed by atoms with van der Waals surface area (Å²) in [6.45, 7) is 4.30. The molecule has 0 radical (unpaired) electrons. The molecule has 0 unspecified atom stereocenters. The summed E-state index contributed by atoms with van der Waals surface area (Å²) in [4.78, 5) is 32.4. The normalized spacial score (nSPS) is 18.7. The number of fused-ring (bicyclic) bond motifs is 1. The number of hydrogen-bond donors (Lipinski definition) is 1. The summed E-state index contributed by atoms with van der Waals surface area (Å²) in [5.41, 5.74) is 2.41. The zero-order chi connectivity index (χ0) is 20.7. The van der Waals surface area contributed by atoms with E-state index in [-0.39, 0.29) is 12.0 Å². The van der Waals surface area contributed by atoms with Crippen LogP contribution >= 0.6 is 0 Å². The van der Waals surface area contributed by atoms with Crippen molar-refractivity contribution in [2.75, 3.05) is 25.5 Å². The fourth-order valence-corrected chi connectivity index (χ4v) is 4.06. The number of imidazole rings is 1. The largest absolute Gasteiger partial charge is 0.481 e. The second-order valence-electron chi connectivity index (χ2n) is 7.85. The Morgan fingerprint density at radius 3 is 2.80 bits per heavy atom. The quantitative estimate of drug-likeness (QED) is 0.670. The van der Waals surface area contributed by atoms with Gasteiger partial charge in [-0.2, -0.15) is 0 Å². The highest BCUT2D eigenvalue weighted by Gasteiger charge is 2.36. The fraction of sp³-hybridized carbons (Fsp3) is 0.476. The first-order valence-corrected chi connectivity index (χ1v) is 10.4. The number of nitrogens with zero attached hydrogens (tertiary/aromatic N) is 6. The van der Waals surface area contributed by atoms with Crippen LogP contribution in [0, 0.1) is 5.92 Å². The lowest BCUT2D eigenvalue weighted by Crippen LogP contribution is -2.32. The predicted octanol–water partition coefficient (Wildman–Crippen LogP) is 2.34. The van der Waals surface area contributed by atoms with Crippen molar-refractivity contribution in [2.24, 2.45) is 5.92 Å². The minimum atomic E-state index is 0.170. The molecular weight excluding hydrogens is 382 g/mol. The van der Waals surface area contributed by atoms with Crippen molar-refractivity contribution >= 4 is 22.9 Å². The third-order valence-electron chi connectivity index (χ3n) is 5.82. The molecule has 0 spiro atoms. The van der Waals surface area contributed by atoms with Crippen LogP contribution in [0.4, 0.5) is 5.82 Å². The lowest BCUT2D eigenvalue weighted by molar-refractivity contribution is -0.131. The number of carbonyl (C=O) groups is 1. The summed E-state index contributed by atoms with van der Waals surface area (Å²) in [5.74, 6) is 2.63. The number of aromatic nitrogens is 5. The van der Waals surface area contributed by atoms with Crippen LogP contribution in [-0.2, 0) is 11.3 Å². The molecule has 5 rings (SSSR count). The molecule has 2 aliphatic rings. The number of rotatable bonds is 6. The number of aryl methyl sites for hydroxylation is 1. The Labute approximate surface area is 174 Å². The van der Waals surface area contributed by atoms with Gasteiger partial charge in [0.1, 0.15) is 12.2 Å². The number of methoxy groups -OCH3 is 1. The number of likely N-dealkylation sites (tertiary alicyclic amines) is 1. The van der Waals surface area contributed by atoms with E-state index in [1.165, 1.54) is 0 Å². The molecule has 9 nitrogen and oxygen atoms in total. The van der Waals surface area contributed by atoms with E-state index >= 15 is 0 Å². The monoisotopic (exact) mass is 407 g/mol. The molecule has 2 fully saturated rings. The zero-order valence-corrected chi connectivity index (χ0v) is 17.2. The second kappa shape index (κ2) is 7.55. The molecule has 1 N–H and O–H groups in total. The predicted molar refractivity (Wildman–Crippen MR) is 112 cm³/mol. The Morgan fingerprint density at radius 1 is 1.23 bits per heavy atom. The van der Waals surface area contributed by atoms with E-state index in [4.69, 9.17) is 9.72 Å². The molecular formula is C21H25N7O2. The van der Waals surface area contributed by atoms with E-state index < -0.39 is 0 Å². The number of carbonyl (C=O) groups excluding carboxylic acids is 1. The molecule has 1 aliphatic heterocycles. The number of pyridine rings is 1. The van der Waals surface area contributed by atoms with Gasteiger partial charge in [0.2, 0.25) is 11.8 Å². The maximum atomic E-state index is 12.3. The third-order valence-corrected chi connectivity index (χ3v) is 5.82. The highest BCUT2D eigenvalue weighted by atomic mass is 16.5. The van der Waals surface area contributed by atoms with Crippen LogP contribution < -0.4 is 10.1 Å². The average molecular weight is 407 g/mol. The van der Waals surface area contributed by atoms with Crippen molar-refractivity contribution in [2.45, 2.75) is 38.8 Å². The Bertz CT molecular complexity index is 1070. The summed E-state index contributed by atoms with van der Waals surface area (Å²) in [6, 6.07) is 3.94. The SMILES string of the molecule is CCn1c(-c2ccc(OC)nc2)nc2c(N[C@H]3CCN(C(=O)C4CC4)C3)ncnc21. The maximum Gasteiger partial charge on any atom is 0.225 e. The van der Waals surface area contributed by atoms with Gasteiger partial charge >= 0.3 is 0 Å². The van der Waals surface area contributed by atoms with Crippen molar-refractivity contribution in [1.29, 1.82) is 0 Å². The smallest absolute Gasteiger partial charge is 0.225 e. The van der Waals surface area contributed by atoms with Crippen molar-refractivity contribution in [1.82, 2.24) is 29.4 Å². The van der Waals surface area contributed by atoms with Crippen molar-refractivity contribution in [3.05, 3.63) is 24.7 Å². The van der Waals surface area contributed by atoms with E-state index in [0.717, 1.165) is 54.9 Å². The van der Waals surface area contributed by atoms with Crippen LogP contribution in [0.15, 0.2) is 24.7 Å². The van der Waals surface area contributed by atoms with Gasteiger partial charge in [0.25, 0.3) is 0 Å². The first-order valence-electron chi connectivity index (χ1n) is 10.4. The summed E-state index contributed by atoms with van der Waals surface area (Å²) in [7, 11) is 1.60. The zero-order valence-electron chi connectivity index (χ0n) is 17.2. The molecule has 1 aliphatic carbocycles. The number of anilines is 1. The van der Waals surface area contributed by atoms with Crippen molar-refractivity contribution < 1.29 is 9.53 Å². The van der Waals surface area contributed by atoms with Crippen molar-refractivity contribution in [3.63, 3.8) is 0 Å². The molecule has 1 saturated carbocycles. The van der Waals surface area contributed by atoms with Gasteiger partial charge in [0, 0.05) is 49.4 Å². The van der Waals surface area contributed by atoms with E-state index in [9.17, 15) is 4.79 Å². The maximum absolute atomic E-state index is 12.3. The fourth-order valence-electron chi connectivity index (χ4n) is 4.06. The van der Waals surface area contributed by atoms with Crippen LogP contribution in [0.1, 0.15) is 26.2 Å². The van der Waals surface area contributed by atoms with Gasteiger partial charge < -0.3 is 19.5 Å². The minimum Gasteiger partial charge on any atom is -0.481 e. The van der Waals surface area contributed by atoms with Crippen molar-refractivity contribution in [3.8, 4) is 17.3 Å². The molecule has 156 valence electrons. The van der Waals surface area contributed by atoms with Crippen LogP contribution in [0.3, 0.4) is 0 Å². The van der Waals surface area contributed by atoms with Gasteiger partial charge in [-0.25, -0.2) is 19.9 Å². The third kappa shape index (κ3) is 3.34. The standard InChI is InChI=1S/C21H25N7O2/c1-3-28-19(14-6-7-16(30-2)22-10-14)26-17-18(23-12-24-20(17)28)25-15-8-9-27(11-15)21(29)13-4-5-13/h6-7,10,12-13,15H,3-5,8-9,11H2,1-2H3,(H,23,24,25)/t15-/m0/s1. The molecule has 9 heteroatoms. The molecule has 3 aromatic rings. The van der Waals surface area contributed by atoms with Gasteiger partial charge in [-0.1, -0.05) is 0 Å². The summed E-state index contributed by atoms with van der Waals surface area (Å²) in [5, 5.41) is 3.51. The summed E-state index contributed by atoms with van der Waals surface area (Å²) in [6.07, 6.45) is 6.31. The first kappa shape index (κ1) is 18.8. The number of amides is 1. The Morgan fingerprint density at radius 2 is 2.10 bits per heavy atom. The van der Waals surface area contributed by atoms with Gasteiger partial charge in [0.15, 0.2) is 17.0 Å². The molecule has 3 aromatic heterocycles. The van der Waals surface area contributed by atoms with Crippen LogP contribution in [0.25, 0.3) is 22.6 Å². The molecule has 1 atom stereocenters. The van der Waals surface area contributed by atoms with E-state index in [0.29, 0.717) is 24.1 Å². The van der Waals surface area contributed by atoms with Gasteiger partial charge in [-0.05, 0) is 32.3 Å². The first-order chi connectivity index (χ1) is 14.7. The average Bonchev–Trinajstić information content (AvgIpc) is 3.41. The van der Waals surface area contributed by atoms with Gasteiger partial charge in [-0.3, -0.25) is 4.79 Å². The van der Waals surface area contributed by atoms with Crippen LogP contribution in [0.5, 0.6) is 5.88 Å².